The van der Waals surface area contributed by atoms with Gasteiger partial charge in [-0.1, -0.05) is 19.8 Å². The van der Waals surface area contributed by atoms with Crippen molar-refractivity contribution in [1.82, 2.24) is 9.36 Å². The molecule has 2 atom stereocenters. The van der Waals surface area contributed by atoms with E-state index in [4.69, 9.17) is 5.73 Å². The number of aromatic nitrogens is 2. The number of hydrogen-bond donors (Lipinski definition) is 2. The first-order valence-corrected chi connectivity index (χ1v) is 9.23. The lowest BCUT2D eigenvalue weighted by atomic mass is 10.0. The third-order valence-electron chi connectivity index (χ3n) is 4.14. The molecule has 1 fully saturated rings. The smallest absolute Gasteiger partial charge is 0.149 e. The summed E-state index contributed by atoms with van der Waals surface area (Å²) in [5.74, 6) is 1.45. The van der Waals surface area contributed by atoms with Crippen LogP contribution in [0, 0.1) is 12.8 Å². The molecule has 0 aliphatic heterocycles. The first kappa shape index (κ1) is 14.8. The van der Waals surface area contributed by atoms with E-state index in [-0.39, 0.29) is 0 Å². The number of nitrogen functional groups attached to an aromatic ring is 1. The van der Waals surface area contributed by atoms with Crippen molar-refractivity contribution in [2.45, 2.75) is 52.0 Å². The molecule has 3 N–H and O–H groups in total. The molecule has 21 heavy (non-hydrogen) atoms. The van der Waals surface area contributed by atoms with Crippen LogP contribution in [0.25, 0.3) is 10.6 Å². The van der Waals surface area contributed by atoms with Gasteiger partial charge in [-0.2, -0.15) is 4.37 Å². The number of rotatable bonds is 3. The average Bonchev–Trinajstić information content (AvgIpc) is 2.95. The monoisotopic (exact) mass is 322 g/mol. The van der Waals surface area contributed by atoms with E-state index in [1.165, 1.54) is 43.6 Å². The Morgan fingerprint density at radius 1 is 1.29 bits per heavy atom. The van der Waals surface area contributed by atoms with E-state index in [1.54, 1.807) is 11.3 Å². The fraction of sp³-hybridized carbons (Fsp3) is 0.600. The molecular formula is C15H22N4S2. The zero-order chi connectivity index (χ0) is 14.8. The van der Waals surface area contributed by atoms with Crippen LogP contribution in [0.3, 0.4) is 0 Å². The minimum Gasteiger partial charge on any atom is -0.382 e. The fourth-order valence-corrected chi connectivity index (χ4v) is 4.61. The molecule has 2 heterocycles. The summed E-state index contributed by atoms with van der Waals surface area (Å²) in [7, 11) is 0. The number of nitrogens with zero attached hydrogens (tertiary/aromatic N) is 2. The van der Waals surface area contributed by atoms with Gasteiger partial charge in [0.1, 0.15) is 15.8 Å². The van der Waals surface area contributed by atoms with E-state index in [2.05, 4.69) is 27.0 Å². The van der Waals surface area contributed by atoms with Crippen LogP contribution in [-0.2, 0) is 0 Å². The molecule has 4 nitrogen and oxygen atoms in total. The zero-order valence-corrected chi connectivity index (χ0v) is 14.2. The van der Waals surface area contributed by atoms with Crippen LogP contribution in [-0.4, -0.2) is 15.4 Å². The molecule has 2 aromatic rings. The SMILES string of the molecule is Cc1csc(-c2c(N)nsc2NC2CCCC(C)CC2)n1. The highest BCUT2D eigenvalue weighted by Crippen LogP contribution is 2.39. The topological polar surface area (TPSA) is 63.8 Å². The number of anilines is 2. The van der Waals surface area contributed by atoms with E-state index in [0.29, 0.717) is 11.9 Å². The minimum absolute atomic E-state index is 0.537. The maximum atomic E-state index is 6.07. The fourth-order valence-electron chi connectivity index (χ4n) is 2.89. The Hall–Kier alpha value is -1.14. The molecular weight excluding hydrogens is 300 g/mol. The van der Waals surface area contributed by atoms with Gasteiger partial charge in [-0.05, 0) is 43.6 Å². The van der Waals surface area contributed by atoms with Gasteiger partial charge in [0.2, 0.25) is 0 Å². The molecule has 0 aromatic carbocycles. The van der Waals surface area contributed by atoms with Crippen molar-refractivity contribution in [3.63, 3.8) is 0 Å². The molecule has 0 amide bonds. The predicted octanol–water partition coefficient (Wildman–Crippen LogP) is 4.54. The number of aryl methyl sites for hydroxylation is 1. The quantitative estimate of drug-likeness (QED) is 0.814. The van der Waals surface area contributed by atoms with Gasteiger partial charge in [0.15, 0.2) is 0 Å². The highest BCUT2D eigenvalue weighted by atomic mass is 32.1. The Balaban J connectivity index is 1.80. The second-order valence-electron chi connectivity index (χ2n) is 6.02. The molecule has 0 spiro atoms. The van der Waals surface area contributed by atoms with Gasteiger partial charge in [-0.3, -0.25) is 0 Å². The van der Waals surface area contributed by atoms with Crippen LogP contribution in [0.5, 0.6) is 0 Å². The number of nitrogens with two attached hydrogens (primary N) is 1. The maximum Gasteiger partial charge on any atom is 0.149 e. The van der Waals surface area contributed by atoms with Gasteiger partial charge in [-0.15, -0.1) is 11.3 Å². The molecule has 1 aliphatic rings. The second-order valence-corrected chi connectivity index (χ2v) is 7.65. The van der Waals surface area contributed by atoms with Crippen LogP contribution in [0.2, 0.25) is 0 Å². The van der Waals surface area contributed by atoms with E-state index >= 15 is 0 Å². The van der Waals surface area contributed by atoms with Crippen molar-refractivity contribution in [1.29, 1.82) is 0 Å². The number of nitrogens with one attached hydrogen (secondary N) is 1. The second kappa shape index (κ2) is 6.32. The van der Waals surface area contributed by atoms with Gasteiger partial charge in [0.25, 0.3) is 0 Å². The van der Waals surface area contributed by atoms with Gasteiger partial charge in [-0.25, -0.2) is 4.98 Å². The van der Waals surface area contributed by atoms with E-state index in [1.807, 2.05) is 6.92 Å². The van der Waals surface area contributed by atoms with Crippen LogP contribution in [0.15, 0.2) is 5.38 Å². The first-order valence-electron chi connectivity index (χ1n) is 7.57. The summed E-state index contributed by atoms with van der Waals surface area (Å²) in [5.41, 5.74) is 8.10. The standard InChI is InChI=1S/C15H22N4S2/c1-9-4-3-5-11(7-6-9)18-15-12(13(16)19-21-15)14-17-10(2)8-20-14/h8-9,11,18H,3-7H2,1-2H3,(H2,16,19). The molecule has 1 saturated carbocycles. The third kappa shape index (κ3) is 3.37. The molecule has 2 aromatic heterocycles. The first-order chi connectivity index (χ1) is 10.1. The Morgan fingerprint density at radius 3 is 2.90 bits per heavy atom. The Morgan fingerprint density at radius 2 is 2.14 bits per heavy atom. The van der Waals surface area contributed by atoms with E-state index in [9.17, 15) is 0 Å². The van der Waals surface area contributed by atoms with Crippen LogP contribution in [0.4, 0.5) is 10.8 Å². The Labute approximate surface area is 134 Å². The largest absolute Gasteiger partial charge is 0.382 e. The predicted molar refractivity (Wildman–Crippen MR) is 92.0 cm³/mol. The maximum absolute atomic E-state index is 6.07. The van der Waals surface area contributed by atoms with Crippen LogP contribution >= 0.6 is 22.9 Å². The molecule has 0 bridgehead atoms. The van der Waals surface area contributed by atoms with Crippen molar-refractivity contribution in [3.05, 3.63) is 11.1 Å². The average molecular weight is 323 g/mol. The summed E-state index contributed by atoms with van der Waals surface area (Å²) < 4.78 is 4.33. The molecule has 2 unspecified atom stereocenters. The lowest BCUT2D eigenvalue weighted by Crippen LogP contribution is -2.18. The van der Waals surface area contributed by atoms with Gasteiger partial charge in [0, 0.05) is 17.1 Å². The van der Waals surface area contributed by atoms with Crippen molar-refractivity contribution >= 4 is 33.7 Å². The van der Waals surface area contributed by atoms with Crippen LogP contribution < -0.4 is 11.1 Å². The summed E-state index contributed by atoms with van der Waals surface area (Å²) in [5, 5.41) is 7.80. The molecule has 114 valence electrons. The van der Waals surface area contributed by atoms with Crippen LogP contribution in [0.1, 0.15) is 44.7 Å². The lowest BCUT2D eigenvalue weighted by molar-refractivity contribution is 0.502. The minimum atomic E-state index is 0.537. The van der Waals surface area contributed by atoms with Gasteiger partial charge in [0.05, 0.1) is 5.56 Å². The van der Waals surface area contributed by atoms with Crippen molar-refractivity contribution < 1.29 is 0 Å². The summed E-state index contributed by atoms with van der Waals surface area (Å²) in [4.78, 5) is 4.56. The van der Waals surface area contributed by atoms with E-state index in [0.717, 1.165) is 27.2 Å². The normalized spacial score (nSPS) is 23.0. The zero-order valence-electron chi connectivity index (χ0n) is 12.6. The Bertz CT molecular complexity index is 605. The lowest BCUT2D eigenvalue weighted by Gasteiger charge is -2.17. The number of thiazole rings is 1. The molecule has 6 heteroatoms. The molecule has 3 rings (SSSR count). The van der Waals surface area contributed by atoms with Crippen molar-refractivity contribution in [2.75, 3.05) is 11.1 Å². The summed E-state index contributed by atoms with van der Waals surface area (Å²) in [6, 6.07) is 0.537. The van der Waals surface area contributed by atoms with Crippen molar-refractivity contribution in [3.8, 4) is 10.6 Å². The molecule has 0 saturated heterocycles. The number of hydrogen-bond acceptors (Lipinski definition) is 6. The highest BCUT2D eigenvalue weighted by Gasteiger charge is 2.21. The summed E-state index contributed by atoms with van der Waals surface area (Å²) in [6.45, 7) is 4.37. The summed E-state index contributed by atoms with van der Waals surface area (Å²) in [6.07, 6.45) is 6.42. The van der Waals surface area contributed by atoms with Crippen molar-refractivity contribution in [2.24, 2.45) is 5.92 Å². The Kier molecular flexibility index (Phi) is 4.45. The highest BCUT2D eigenvalue weighted by molar-refractivity contribution is 7.15. The molecule has 1 aliphatic carbocycles. The molecule has 0 radical (unpaired) electrons. The third-order valence-corrected chi connectivity index (χ3v) is 5.91. The van der Waals surface area contributed by atoms with E-state index < -0.39 is 0 Å². The summed E-state index contributed by atoms with van der Waals surface area (Å²) >= 11 is 3.10. The van der Waals surface area contributed by atoms with Gasteiger partial charge >= 0.3 is 0 Å². The van der Waals surface area contributed by atoms with Gasteiger partial charge < -0.3 is 11.1 Å².